The molecule has 0 radical (unpaired) electrons. The zero-order valence-electron chi connectivity index (χ0n) is 8.25. The van der Waals surface area contributed by atoms with Crippen LogP contribution in [0.5, 0.6) is 0 Å². The van der Waals surface area contributed by atoms with Crippen molar-refractivity contribution in [3.8, 4) is 0 Å². The Morgan fingerprint density at radius 1 is 1.54 bits per heavy atom. The molecule has 1 aromatic rings. The van der Waals surface area contributed by atoms with Crippen molar-refractivity contribution in [3.05, 3.63) is 30.1 Å². The highest BCUT2D eigenvalue weighted by molar-refractivity contribution is 5.13. The molecule has 3 heteroatoms. The fourth-order valence-corrected chi connectivity index (χ4v) is 1.26. The van der Waals surface area contributed by atoms with E-state index in [1.807, 2.05) is 19.3 Å². The molecule has 0 aromatic carbocycles. The van der Waals surface area contributed by atoms with Crippen LogP contribution in [-0.4, -0.2) is 25.1 Å². The maximum Gasteiger partial charge on any atom is 0.0459 e. The van der Waals surface area contributed by atoms with Crippen LogP contribution in [0.15, 0.2) is 24.5 Å². The largest absolute Gasteiger partial charge is 0.315 e. The van der Waals surface area contributed by atoms with Gasteiger partial charge in [0, 0.05) is 25.0 Å². The molecule has 3 nitrogen and oxygen atoms in total. The van der Waals surface area contributed by atoms with E-state index in [0.29, 0.717) is 6.04 Å². The van der Waals surface area contributed by atoms with Gasteiger partial charge < -0.3 is 10.6 Å². The average molecular weight is 179 g/mol. The van der Waals surface area contributed by atoms with Crippen molar-refractivity contribution in [1.82, 2.24) is 15.6 Å². The van der Waals surface area contributed by atoms with E-state index < -0.39 is 0 Å². The third-order valence-corrected chi connectivity index (χ3v) is 2.03. The van der Waals surface area contributed by atoms with E-state index in [4.69, 9.17) is 0 Å². The molecule has 0 fully saturated rings. The summed E-state index contributed by atoms with van der Waals surface area (Å²) in [5.74, 6) is 0. The summed E-state index contributed by atoms with van der Waals surface area (Å²) in [4.78, 5) is 4.09. The lowest BCUT2D eigenvalue weighted by Gasteiger charge is -2.16. The summed E-state index contributed by atoms with van der Waals surface area (Å²) in [5.41, 5.74) is 1.23. The molecule has 0 spiro atoms. The van der Waals surface area contributed by atoms with Gasteiger partial charge in [-0.1, -0.05) is 13.0 Å². The van der Waals surface area contributed by atoms with E-state index in [2.05, 4.69) is 28.6 Å². The second-order valence-electron chi connectivity index (χ2n) is 2.94. The molecule has 0 bridgehead atoms. The van der Waals surface area contributed by atoms with Gasteiger partial charge in [-0.25, -0.2) is 0 Å². The highest BCUT2D eigenvalue weighted by Gasteiger charge is 2.06. The number of hydrogen-bond acceptors (Lipinski definition) is 3. The van der Waals surface area contributed by atoms with Crippen LogP contribution >= 0.6 is 0 Å². The SMILES string of the molecule is CCNCC(NC)c1cccnc1. The van der Waals surface area contributed by atoms with Crippen LogP contribution in [0, 0.1) is 0 Å². The number of nitrogens with zero attached hydrogens (tertiary/aromatic N) is 1. The molecule has 1 rings (SSSR count). The van der Waals surface area contributed by atoms with Gasteiger partial charge in [-0.2, -0.15) is 0 Å². The summed E-state index contributed by atoms with van der Waals surface area (Å²) in [5, 5.41) is 6.56. The first kappa shape index (κ1) is 10.2. The van der Waals surface area contributed by atoms with Gasteiger partial charge in [-0.05, 0) is 25.2 Å². The van der Waals surface area contributed by atoms with E-state index >= 15 is 0 Å². The molecule has 0 saturated carbocycles. The first-order chi connectivity index (χ1) is 6.38. The Bertz CT molecular complexity index is 223. The molecule has 1 aromatic heterocycles. The molecule has 1 unspecified atom stereocenters. The second-order valence-corrected chi connectivity index (χ2v) is 2.94. The second kappa shape index (κ2) is 5.67. The molecule has 13 heavy (non-hydrogen) atoms. The van der Waals surface area contributed by atoms with Crippen molar-refractivity contribution in [2.24, 2.45) is 0 Å². The van der Waals surface area contributed by atoms with Crippen LogP contribution in [0.1, 0.15) is 18.5 Å². The zero-order valence-corrected chi connectivity index (χ0v) is 8.25. The highest BCUT2D eigenvalue weighted by Crippen LogP contribution is 2.08. The van der Waals surface area contributed by atoms with Crippen LogP contribution < -0.4 is 10.6 Å². The maximum absolute atomic E-state index is 4.09. The summed E-state index contributed by atoms with van der Waals surface area (Å²) in [6.45, 7) is 4.05. The average Bonchev–Trinajstić information content (AvgIpc) is 2.21. The van der Waals surface area contributed by atoms with Gasteiger partial charge >= 0.3 is 0 Å². The van der Waals surface area contributed by atoms with Crippen LogP contribution in [0.25, 0.3) is 0 Å². The standard InChI is InChI=1S/C10H17N3/c1-3-12-8-10(11-2)9-5-4-6-13-7-9/h4-7,10-12H,3,8H2,1-2H3. The molecule has 2 N–H and O–H groups in total. The van der Waals surface area contributed by atoms with Gasteiger partial charge in [-0.15, -0.1) is 0 Å². The maximum atomic E-state index is 4.09. The Hall–Kier alpha value is -0.930. The summed E-state index contributed by atoms with van der Waals surface area (Å²) in [7, 11) is 1.97. The molecular formula is C10H17N3. The fraction of sp³-hybridized carbons (Fsp3) is 0.500. The van der Waals surface area contributed by atoms with E-state index in [9.17, 15) is 0 Å². The molecule has 0 aliphatic heterocycles. The van der Waals surface area contributed by atoms with Crippen molar-refractivity contribution in [1.29, 1.82) is 0 Å². The first-order valence-corrected chi connectivity index (χ1v) is 4.66. The van der Waals surface area contributed by atoms with Gasteiger partial charge in [-0.3, -0.25) is 4.98 Å². The Morgan fingerprint density at radius 2 is 2.38 bits per heavy atom. The summed E-state index contributed by atoms with van der Waals surface area (Å²) >= 11 is 0. The fourth-order valence-electron chi connectivity index (χ4n) is 1.26. The van der Waals surface area contributed by atoms with Crippen LogP contribution in [0.4, 0.5) is 0 Å². The van der Waals surface area contributed by atoms with E-state index in [1.54, 1.807) is 6.20 Å². The molecule has 0 aliphatic rings. The lowest BCUT2D eigenvalue weighted by atomic mass is 10.1. The minimum atomic E-state index is 0.355. The van der Waals surface area contributed by atoms with Crippen molar-refractivity contribution in [3.63, 3.8) is 0 Å². The molecule has 1 heterocycles. The number of hydrogen-bond donors (Lipinski definition) is 2. The topological polar surface area (TPSA) is 37.0 Å². The van der Waals surface area contributed by atoms with Gasteiger partial charge in [0.1, 0.15) is 0 Å². The van der Waals surface area contributed by atoms with Gasteiger partial charge in [0.25, 0.3) is 0 Å². The molecule has 0 saturated heterocycles. The summed E-state index contributed by atoms with van der Waals surface area (Å²) in [6.07, 6.45) is 3.70. The minimum Gasteiger partial charge on any atom is -0.315 e. The predicted octanol–water partition coefficient (Wildman–Crippen LogP) is 0.952. The number of rotatable bonds is 5. The Kier molecular flexibility index (Phi) is 4.43. The van der Waals surface area contributed by atoms with E-state index in [1.165, 1.54) is 5.56 Å². The zero-order chi connectivity index (χ0) is 9.52. The van der Waals surface area contributed by atoms with Crippen molar-refractivity contribution in [2.45, 2.75) is 13.0 Å². The Morgan fingerprint density at radius 3 is 2.92 bits per heavy atom. The lowest BCUT2D eigenvalue weighted by molar-refractivity contribution is 0.537. The van der Waals surface area contributed by atoms with Gasteiger partial charge in [0.05, 0.1) is 0 Å². The van der Waals surface area contributed by atoms with E-state index in [-0.39, 0.29) is 0 Å². The molecule has 72 valence electrons. The molecule has 0 amide bonds. The number of nitrogens with one attached hydrogen (secondary N) is 2. The highest BCUT2D eigenvalue weighted by atomic mass is 15.0. The third-order valence-electron chi connectivity index (χ3n) is 2.03. The Labute approximate surface area is 79.6 Å². The first-order valence-electron chi connectivity index (χ1n) is 4.66. The smallest absolute Gasteiger partial charge is 0.0459 e. The summed E-state index contributed by atoms with van der Waals surface area (Å²) < 4.78 is 0. The third kappa shape index (κ3) is 3.13. The lowest BCUT2D eigenvalue weighted by Crippen LogP contribution is -2.29. The van der Waals surface area contributed by atoms with Crippen LogP contribution in [0.2, 0.25) is 0 Å². The Balaban J connectivity index is 2.56. The monoisotopic (exact) mass is 179 g/mol. The molecule has 0 aliphatic carbocycles. The van der Waals surface area contributed by atoms with Crippen molar-refractivity contribution in [2.75, 3.05) is 20.1 Å². The van der Waals surface area contributed by atoms with Crippen molar-refractivity contribution >= 4 is 0 Å². The number of pyridine rings is 1. The normalized spacial score (nSPS) is 12.8. The van der Waals surface area contributed by atoms with Gasteiger partial charge in [0.2, 0.25) is 0 Å². The number of likely N-dealkylation sites (N-methyl/N-ethyl adjacent to an activating group) is 2. The van der Waals surface area contributed by atoms with E-state index in [0.717, 1.165) is 13.1 Å². The van der Waals surface area contributed by atoms with Crippen molar-refractivity contribution < 1.29 is 0 Å². The van der Waals surface area contributed by atoms with Crippen LogP contribution in [0.3, 0.4) is 0 Å². The quantitative estimate of drug-likeness (QED) is 0.706. The predicted molar refractivity (Wildman–Crippen MR) is 54.6 cm³/mol. The number of aromatic nitrogens is 1. The molecule has 1 atom stereocenters. The minimum absolute atomic E-state index is 0.355. The van der Waals surface area contributed by atoms with Crippen LogP contribution in [-0.2, 0) is 0 Å². The summed E-state index contributed by atoms with van der Waals surface area (Å²) in [6, 6.07) is 4.41. The van der Waals surface area contributed by atoms with Gasteiger partial charge in [0.15, 0.2) is 0 Å². The molecular weight excluding hydrogens is 162 g/mol.